The van der Waals surface area contributed by atoms with Crippen molar-refractivity contribution in [2.45, 2.75) is 37.6 Å². The van der Waals surface area contributed by atoms with Gasteiger partial charge in [0.15, 0.2) is 5.03 Å². The molecular formula is C12H22N4O2S. The summed E-state index contributed by atoms with van der Waals surface area (Å²) in [4.78, 5) is 6.83. The van der Waals surface area contributed by atoms with Crippen LogP contribution in [0.3, 0.4) is 0 Å². The van der Waals surface area contributed by atoms with Gasteiger partial charge >= 0.3 is 0 Å². The predicted molar refractivity (Wildman–Crippen MR) is 73.4 cm³/mol. The number of hydrogen-bond donors (Lipinski definition) is 3. The van der Waals surface area contributed by atoms with Crippen LogP contribution in [0, 0.1) is 5.92 Å². The first-order chi connectivity index (χ1) is 9.12. The molecule has 1 aromatic heterocycles. The largest absolute Gasteiger partial charge is 0.332 e. The van der Waals surface area contributed by atoms with Crippen LogP contribution in [-0.2, 0) is 16.4 Å². The summed E-state index contributed by atoms with van der Waals surface area (Å²) in [6.45, 7) is 4.48. The van der Waals surface area contributed by atoms with Gasteiger partial charge in [-0.2, -0.15) is 0 Å². The molecule has 2 heterocycles. The number of nitrogens with one attached hydrogen (secondary N) is 3. The first kappa shape index (κ1) is 14.5. The van der Waals surface area contributed by atoms with E-state index in [4.69, 9.17) is 0 Å². The van der Waals surface area contributed by atoms with Crippen molar-refractivity contribution < 1.29 is 8.42 Å². The van der Waals surface area contributed by atoms with Crippen LogP contribution >= 0.6 is 0 Å². The number of aromatic amines is 1. The topological polar surface area (TPSA) is 86.9 Å². The van der Waals surface area contributed by atoms with Gasteiger partial charge in [0.25, 0.3) is 10.0 Å². The minimum atomic E-state index is -3.44. The van der Waals surface area contributed by atoms with Gasteiger partial charge in [-0.05, 0) is 38.3 Å². The fourth-order valence-corrected chi connectivity index (χ4v) is 3.29. The summed E-state index contributed by atoms with van der Waals surface area (Å²) in [5, 5.41) is 3.49. The van der Waals surface area contributed by atoms with Gasteiger partial charge in [-0.25, -0.2) is 18.1 Å². The Morgan fingerprint density at radius 2 is 2.37 bits per heavy atom. The highest BCUT2D eigenvalue weighted by molar-refractivity contribution is 7.89. The number of aryl methyl sites for hydroxylation is 1. The molecule has 2 rings (SSSR count). The second-order valence-corrected chi connectivity index (χ2v) is 6.68. The SMILES string of the molecule is CCc1ncc(S(=O)(=O)NCCC2CCCNC2)[nH]1. The molecule has 7 heteroatoms. The number of hydrogen-bond acceptors (Lipinski definition) is 4. The van der Waals surface area contributed by atoms with E-state index in [1.165, 1.54) is 19.0 Å². The van der Waals surface area contributed by atoms with Gasteiger partial charge in [0.2, 0.25) is 0 Å². The summed E-state index contributed by atoms with van der Waals surface area (Å²) < 4.78 is 26.6. The Labute approximate surface area is 114 Å². The Bertz CT molecular complexity index is 492. The van der Waals surface area contributed by atoms with Crippen LogP contribution in [0.2, 0.25) is 0 Å². The van der Waals surface area contributed by atoms with Crippen LogP contribution in [-0.4, -0.2) is 38.0 Å². The van der Waals surface area contributed by atoms with Crippen LogP contribution < -0.4 is 10.0 Å². The minimum Gasteiger partial charge on any atom is -0.332 e. The molecule has 1 unspecified atom stereocenters. The number of H-pyrrole nitrogens is 1. The normalized spacial score (nSPS) is 20.6. The predicted octanol–water partition coefficient (Wildman–Crippen LogP) is 0.640. The molecule has 0 aromatic carbocycles. The summed E-state index contributed by atoms with van der Waals surface area (Å²) in [6.07, 6.45) is 5.31. The molecule has 1 atom stereocenters. The molecule has 108 valence electrons. The van der Waals surface area contributed by atoms with E-state index in [-0.39, 0.29) is 5.03 Å². The molecule has 6 nitrogen and oxygen atoms in total. The Morgan fingerprint density at radius 1 is 1.53 bits per heavy atom. The summed E-state index contributed by atoms with van der Waals surface area (Å²) in [7, 11) is -3.44. The number of rotatable bonds is 6. The van der Waals surface area contributed by atoms with E-state index in [0.717, 1.165) is 19.5 Å². The second-order valence-electron chi connectivity index (χ2n) is 4.95. The smallest absolute Gasteiger partial charge is 0.257 e. The molecule has 1 aliphatic rings. The molecule has 0 saturated carbocycles. The maximum Gasteiger partial charge on any atom is 0.257 e. The van der Waals surface area contributed by atoms with Gasteiger partial charge < -0.3 is 10.3 Å². The molecule has 3 N–H and O–H groups in total. The number of sulfonamides is 1. The van der Waals surface area contributed by atoms with Crippen molar-refractivity contribution in [1.29, 1.82) is 0 Å². The van der Waals surface area contributed by atoms with Crippen LogP contribution in [0.4, 0.5) is 0 Å². The van der Waals surface area contributed by atoms with Crippen LogP contribution in [0.5, 0.6) is 0 Å². The maximum atomic E-state index is 12.0. The molecule has 19 heavy (non-hydrogen) atoms. The van der Waals surface area contributed by atoms with Crippen molar-refractivity contribution in [3.05, 3.63) is 12.0 Å². The van der Waals surface area contributed by atoms with Gasteiger partial charge in [-0.3, -0.25) is 0 Å². The van der Waals surface area contributed by atoms with Gasteiger partial charge in [-0.15, -0.1) is 0 Å². The highest BCUT2D eigenvalue weighted by Crippen LogP contribution is 2.13. The van der Waals surface area contributed by atoms with Crippen molar-refractivity contribution in [1.82, 2.24) is 20.0 Å². The summed E-state index contributed by atoms with van der Waals surface area (Å²) in [5.41, 5.74) is 0. The van der Waals surface area contributed by atoms with Gasteiger partial charge in [-0.1, -0.05) is 6.92 Å². The van der Waals surface area contributed by atoms with Crippen molar-refractivity contribution in [2.75, 3.05) is 19.6 Å². The molecule has 0 aliphatic carbocycles. The Hall–Kier alpha value is -0.920. The first-order valence-corrected chi connectivity index (χ1v) is 8.34. The lowest BCUT2D eigenvalue weighted by Gasteiger charge is -2.22. The number of imidazole rings is 1. The quantitative estimate of drug-likeness (QED) is 0.716. The lowest BCUT2D eigenvalue weighted by atomic mass is 9.96. The summed E-state index contributed by atoms with van der Waals surface area (Å²) in [5.74, 6) is 1.27. The highest BCUT2D eigenvalue weighted by atomic mass is 32.2. The maximum absolute atomic E-state index is 12.0. The van der Waals surface area contributed by atoms with Gasteiger partial charge in [0.1, 0.15) is 5.82 Å². The molecule has 1 saturated heterocycles. The summed E-state index contributed by atoms with van der Waals surface area (Å²) in [6, 6.07) is 0. The molecule has 0 radical (unpaired) electrons. The zero-order valence-electron chi connectivity index (χ0n) is 11.3. The van der Waals surface area contributed by atoms with E-state index in [1.807, 2.05) is 6.92 Å². The van der Waals surface area contributed by atoms with Crippen molar-refractivity contribution in [3.8, 4) is 0 Å². The number of aromatic nitrogens is 2. The van der Waals surface area contributed by atoms with Crippen molar-refractivity contribution >= 4 is 10.0 Å². The zero-order valence-corrected chi connectivity index (χ0v) is 12.1. The lowest BCUT2D eigenvalue weighted by molar-refractivity contribution is 0.358. The molecule has 0 spiro atoms. The number of piperidine rings is 1. The fourth-order valence-electron chi connectivity index (χ4n) is 2.31. The monoisotopic (exact) mass is 286 g/mol. The molecular weight excluding hydrogens is 264 g/mol. The summed E-state index contributed by atoms with van der Waals surface area (Å²) >= 11 is 0. The zero-order chi connectivity index (χ0) is 13.7. The molecule has 1 fully saturated rings. The Morgan fingerprint density at radius 3 is 3.00 bits per heavy atom. The average Bonchev–Trinajstić information content (AvgIpc) is 2.89. The van der Waals surface area contributed by atoms with E-state index in [0.29, 0.717) is 24.7 Å². The Kier molecular flexibility index (Phi) is 4.95. The number of nitrogens with zero attached hydrogens (tertiary/aromatic N) is 1. The highest BCUT2D eigenvalue weighted by Gasteiger charge is 2.18. The molecule has 0 bridgehead atoms. The first-order valence-electron chi connectivity index (χ1n) is 6.86. The van der Waals surface area contributed by atoms with Crippen LogP contribution in [0.25, 0.3) is 0 Å². The molecule has 1 aliphatic heterocycles. The van der Waals surface area contributed by atoms with Crippen molar-refractivity contribution in [3.63, 3.8) is 0 Å². The minimum absolute atomic E-state index is 0.158. The third-order valence-corrected chi connectivity index (χ3v) is 4.84. The van der Waals surface area contributed by atoms with E-state index >= 15 is 0 Å². The third kappa shape index (κ3) is 4.02. The fraction of sp³-hybridized carbons (Fsp3) is 0.750. The second kappa shape index (κ2) is 6.49. The van der Waals surface area contributed by atoms with E-state index in [9.17, 15) is 8.42 Å². The van der Waals surface area contributed by atoms with Crippen LogP contribution in [0.1, 0.15) is 32.0 Å². The van der Waals surface area contributed by atoms with E-state index in [2.05, 4.69) is 20.0 Å². The van der Waals surface area contributed by atoms with E-state index < -0.39 is 10.0 Å². The van der Waals surface area contributed by atoms with Crippen molar-refractivity contribution in [2.24, 2.45) is 5.92 Å². The van der Waals surface area contributed by atoms with Gasteiger partial charge in [0, 0.05) is 13.0 Å². The standard InChI is InChI=1S/C12H22N4O2S/c1-2-11-14-9-12(16-11)19(17,18)15-7-5-10-4-3-6-13-8-10/h9-10,13,15H,2-8H2,1H3,(H,14,16). The Balaban J connectivity index is 1.83. The van der Waals surface area contributed by atoms with Crippen LogP contribution in [0.15, 0.2) is 11.2 Å². The lowest BCUT2D eigenvalue weighted by Crippen LogP contribution is -2.33. The van der Waals surface area contributed by atoms with Gasteiger partial charge in [0.05, 0.1) is 6.20 Å². The molecule has 1 aromatic rings. The van der Waals surface area contributed by atoms with E-state index in [1.54, 1.807) is 0 Å². The molecule has 0 amide bonds. The average molecular weight is 286 g/mol. The third-order valence-electron chi connectivity index (χ3n) is 3.47.